The average molecular weight is 381 g/mol. The molecule has 1 saturated carbocycles. The first-order valence-electron chi connectivity index (χ1n) is 9.81. The number of likely N-dealkylation sites (tertiary alicyclic amines) is 1. The third-order valence-electron chi connectivity index (χ3n) is 5.99. The largest absolute Gasteiger partial charge is 0.490 e. The summed E-state index contributed by atoms with van der Waals surface area (Å²) >= 11 is 0. The van der Waals surface area contributed by atoms with E-state index in [9.17, 15) is 4.79 Å². The van der Waals surface area contributed by atoms with Gasteiger partial charge in [-0.3, -0.25) is 4.79 Å². The van der Waals surface area contributed by atoms with Crippen LogP contribution in [-0.4, -0.2) is 36.5 Å². The number of halogens is 1. The Labute approximate surface area is 163 Å². The molecular formula is C21H33ClN2O2. The molecule has 0 unspecified atom stereocenters. The molecule has 1 aromatic carbocycles. The van der Waals surface area contributed by atoms with Gasteiger partial charge in [-0.15, -0.1) is 12.4 Å². The van der Waals surface area contributed by atoms with E-state index >= 15 is 0 Å². The minimum atomic E-state index is 0. The van der Waals surface area contributed by atoms with Crippen molar-refractivity contribution < 1.29 is 9.53 Å². The van der Waals surface area contributed by atoms with Gasteiger partial charge in [0.2, 0.25) is 5.91 Å². The van der Waals surface area contributed by atoms with Crippen molar-refractivity contribution in [1.29, 1.82) is 0 Å². The molecule has 1 aliphatic carbocycles. The maximum absolute atomic E-state index is 12.8. The summed E-state index contributed by atoms with van der Waals surface area (Å²) in [5, 5.41) is 0. The molecule has 146 valence electrons. The standard InChI is InChI=1S/C21H32N2O2.ClH/c1-17-5-7-18(8-6-17)25-19-9-13-23(14-10-19)20(24)15-21(16-22)11-3-2-4-12-21;/h5-8,19H,2-4,9-16,22H2,1H3;1H. The van der Waals surface area contributed by atoms with Crippen molar-refractivity contribution in [2.75, 3.05) is 19.6 Å². The highest BCUT2D eigenvalue weighted by molar-refractivity contribution is 5.85. The van der Waals surface area contributed by atoms with Crippen LogP contribution in [0.1, 0.15) is 56.9 Å². The quantitative estimate of drug-likeness (QED) is 0.837. The van der Waals surface area contributed by atoms with E-state index in [0.717, 1.165) is 44.5 Å². The molecule has 4 nitrogen and oxygen atoms in total. The van der Waals surface area contributed by atoms with Gasteiger partial charge in [0, 0.05) is 32.4 Å². The van der Waals surface area contributed by atoms with Crippen molar-refractivity contribution in [2.45, 2.75) is 64.4 Å². The minimum Gasteiger partial charge on any atom is -0.490 e. The summed E-state index contributed by atoms with van der Waals surface area (Å²) in [5.41, 5.74) is 7.34. The van der Waals surface area contributed by atoms with Crippen LogP contribution in [0.5, 0.6) is 5.75 Å². The highest BCUT2D eigenvalue weighted by Gasteiger charge is 2.35. The van der Waals surface area contributed by atoms with E-state index in [4.69, 9.17) is 10.5 Å². The zero-order chi connectivity index (χ0) is 17.7. The molecule has 0 aromatic heterocycles. The number of hydrogen-bond donors (Lipinski definition) is 1. The molecule has 1 saturated heterocycles. The second-order valence-electron chi connectivity index (χ2n) is 7.95. The lowest BCUT2D eigenvalue weighted by molar-refractivity contribution is -0.136. The van der Waals surface area contributed by atoms with Gasteiger partial charge in [0.15, 0.2) is 0 Å². The monoisotopic (exact) mass is 380 g/mol. The summed E-state index contributed by atoms with van der Waals surface area (Å²) in [5.74, 6) is 1.22. The smallest absolute Gasteiger partial charge is 0.223 e. The molecule has 0 radical (unpaired) electrons. The van der Waals surface area contributed by atoms with Crippen LogP contribution in [0.4, 0.5) is 0 Å². The van der Waals surface area contributed by atoms with Gasteiger partial charge in [0.1, 0.15) is 11.9 Å². The third-order valence-corrected chi connectivity index (χ3v) is 5.99. The van der Waals surface area contributed by atoms with Gasteiger partial charge in [-0.25, -0.2) is 0 Å². The summed E-state index contributed by atoms with van der Waals surface area (Å²) in [4.78, 5) is 14.8. The number of aryl methyl sites for hydroxylation is 1. The van der Waals surface area contributed by atoms with E-state index in [-0.39, 0.29) is 23.9 Å². The van der Waals surface area contributed by atoms with Crippen LogP contribution >= 0.6 is 12.4 Å². The van der Waals surface area contributed by atoms with Crippen molar-refractivity contribution >= 4 is 18.3 Å². The average Bonchev–Trinajstić information content (AvgIpc) is 2.65. The molecule has 3 rings (SSSR count). The molecule has 0 bridgehead atoms. The van der Waals surface area contributed by atoms with Gasteiger partial charge in [-0.05, 0) is 43.9 Å². The number of amides is 1. The molecule has 1 aliphatic heterocycles. The summed E-state index contributed by atoms with van der Waals surface area (Å²) in [7, 11) is 0. The molecule has 26 heavy (non-hydrogen) atoms. The Kier molecular flexibility index (Phi) is 7.78. The fourth-order valence-electron chi connectivity index (χ4n) is 4.22. The van der Waals surface area contributed by atoms with Gasteiger partial charge in [0.25, 0.3) is 0 Å². The molecule has 0 atom stereocenters. The first kappa shape index (κ1) is 21.0. The number of piperidine rings is 1. The zero-order valence-corrected chi connectivity index (χ0v) is 16.7. The van der Waals surface area contributed by atoms with Crippen molar-refractivity contribution in [3.63, 3.8) is 0 Å². The lowest BCUT2D eigenvalue weighted by Crippen LogP contribution is -2.45. The highest BCUT2D eigenvalue weighted by Crippen LogP contribution is 2.39. The van der Waals surface area contributed by atoms with Crippen LogP contribution in [-0.2, 0) is 4.79 Å². The Morgan fingerprint density at radius 1 is 1.15 bits per heavy atom. The third kappa shape index (κ3) is 5.37. The molecule has 2 N–H and O–H groups in total. The summed E-state index contributed by atoms with van der Waals surface area (Å²) in [6, 6.07) is 8.21. The lowest BCUT2D eigenvalue weighted by Gasteiger charge is -2.39. The number of ether oxygens (including phenoxy) is 1. The molecule has 1 aromatic rings. The Hall–Kier alpha value is -1.26. The van der Waals surface area contributed by atoms with Crippen LogP contribution in [0.25, 0.3) is 0 Å². The van der Waals surface area contributed by atoms with E-state index < -0.39 is 0 Å². The van der Waals surface area contributed by atoms with Crippen LogP contribution in [0.2, 0.25) is 0 Å². The molecule has 1 amide bonds. The number of carbonyl (C=O) groups is 1. The minimum absolute atomic E-state index is 0. The normalized spacial score (nSPS) is 20.3. The Morgan fingerprint density at radius 3 is 2.35 bits per heavy atom. The Balaban J connectivity index is 0.00000243. The second kappa shape index (κ2) is 9.61. The van der Waals surface area contributed by atoms with E-state index in [1.165, 1.54) is 24.8 Å². The van der Waals surface area contributed by atoms with Crippen LogP contribution in [0, 0.1) is 12.3 Å². The fourth-order valence-corrected chi connectivity index (χ4v) is 4.22. The topological polar surface area (TPSA) is 55.6 Å². The number of hydrogen-bond acceptors (Lipinski definition) is 3. The Morgan fingerprint density at radius 2 is 1.77 bits per heavy atom. The molecular weight excluding hydrogens is 348 g/mol. The summed E-state index contributed by atoms with van der Waals surface area (Å²) in [6.45, 7) is 4.33. The first-order valence-corrected chi connectivity index (χ1v) is 9.81. The predicted octanol–water partition coefficient (Wildman–Crippen LogP) is 4.09. The summed E-state index contributed by atoms with van der Waals surface area (Å²) < 4.78 is 6.07. The molecule has 1 heterocycles. The van der Waals surface area contributed by atoms with E-state index in [1.807, 2.05) is 17.0 Å². The number of rotatable bonds is 5. The van der Waals surface area contributed by atoms with Crippen molar-refractivity contribution in [1.82, 2.24) is 4.90 Å². The van der Waals surface area contributed by atoms with E-state index in [0.29, 0.717) is 18.9 Å². The summed E-state index contributed by atoms with van der Waals surface area (Å²) in [6.07, 6.45) is 8.62. The van der Waals surface area contributed by atoms with Crippen LogP contribution in [0.15, 0.2) is 24.3 Å². The SMILES string of the molecule is Cc1ccc(OC2CCN(C(=O)CC3(CN)CCCCC3)CC2)cc1.Cl. The maximum Gasteiger partial charge on any atom is 0.223 e. The van der Waals surface area contributed by atoms with Gasteiger partial charge in [0.05, 0.1) is 0 Å². The second-order valence-corrected chi connectivity index (χ2v) is 7.95. The molecule has 2 aliphatic rings. The predicted molar refractivity (Wildman–Crippen MR) is 108 cm³/mol. The number of nitrogens with two attached hydrogens (primary N) is 1. The molecule has 2 fully saturated rings. The zero-order valence-electron chi connectivity index (χ0n) is 15.9. The number of carbonyl (C=O) groups excluding carboxylic acids is 1. The van der Waals surface area contributed by atoms with Crippen molar-refractivity contribution in [2.24, 2.45) is 11.1 Å². The van der Waals surface area contributed by atoms with E-state index in [1.54, 1.807) is 0 Å². The molecule has 5 heteroatoms. The molecule has 0 spiro atoms. The fraction of sp³-hybridized carbons (Fsp3) is 0.667. The maximum atomic E-state index is 12.8. The lowest BCUT2D eigenvalue weighted by atomic mass is 9.71. The number of nitrogens with zero attached hydrogens (tertiary/aromatic N) is 1. The van der Waals surface area contributed by atoms with Gasteiger partial charge in [-0.1, -0.05) is 37.0 Å². The first-order chi connectivity index (χ1) is 12.1. The van der Waals surface area contributed by atoms with Gasteiger partial charge >= 0.3 is 0 Å². The van der Waals surface area contributed by atoms with Crippen molar-refractivity contribution in [3.8, 4) is 5.75 Å². The van der Waals surface area contributed by atoms with Crippen molar-refractivity contribution in [3.05, 3.63) is 29.8 Å². The Bertz CT molecular complexity index is 562. The van der Waals surface area contributed by atoms with Crippen LogP contribution in [0.3, 0.4) is 0 Å². The highest BCUT2D eigenvalue weighted by atomic mass is 35.5. The van der Waals surface area contributed by atoms with Gasteiger partial charge < -0.3 is 15.4 Å². The number of benzene rings is 1. The van der Waals surface area contributed by atoms with Gasteiger partial charge in [-0.2, -0.15) is 0 Å². The van der Waals surface area contributed by atoms with Crippen LogP contribution < -0.4 is 10.5 Å². The van der Waals surface area contributed by atoms with E-state index in [2.05, 4.69) is 19.1 Å².